The van der Waals surface area contributed by atoms with Crippen molar-refractivity contribution < 1.29 is 38.4 Å². The molecule has 7 unspecified atom stereocenters. The third-order valence-electron chi connectivity index (χ3n) is 13.7. The van der Waals surface area contributed by atoms with E-state index in [4.69, 9.17) is 23.7 Å². The van der Waals surface area contributed by atoms with Gasteiger partial charge in [-0.15, -0.1) is 0 Å². The van der Waals surface area contributed by atoms with Gasteiger partial charge in [0.05, 0.1) is 11.8 Å². The van der Waals surface area contributed by atoms with Gasteiger partial charge >= 0.3 is 18.4 Å². The summed E-state index contributed by atoms with van der Waals surface area (Å²) in [5.74, 6) is 0.377. The van der Waals surface area contributed by atoms with Crippen LogP contribution >= 0.6 is 15.8 Å². The normalized spacial score (nSPS) is 16.7. The average Bonchev–Trinajstić information content (AvgIpc) is 4.13. The molecule has 6 aromatic carbocycles. The summed E-state index contributed by atoms with van der Waals surface area (Å²) < 4.78 is 28.8. The van der Waals surface area contributed by atoms with Gasteiger partial charge in [-0.2, -0.15) is 0 Å². The minimum atomic E-state index is -1.73. The Labute approximate surface area is 418 Å². The molecule has 6 aromatic rings. The number of carbonyl (C=O) groups is 2. The van der Waals surface area contributed by atoms with E-state index in [-0.39, 0.29) is 17.8 Å². The summed E-state index contributed by atoms with van der Waals surface area (Å²) in [4.78, 5) is 26.9. The minimum absolute atomic E-state index is 0.226. The minimum Gasteiger partial charge on any atom is -0.458 e. The largest absolute Gasteiger partial charge is 0.458 e. The first kappa shape index (κ1) is 52.5. The first-order valence-electron chi connectivity index (χ1n) is 25.0. The van der Waals surface area contributed by atoms with Crippen LogP contribution in [0.1, 0.15) is 91.2 Å². The van der Waals surface area contributed by atoms with Crippen molar-refractivity contribution in [3.8, 4) is 11.5 Å². The Hall–Kier alpha value is -5.36. The second kappa shape index (κ2) is 25.7. The summed E-state index contributed by atoms with van der Waals surface area (Å²) >= 11 is 0. The molecule has 1 N–H and O–H groups in total. The van der Waals surface area contributed by atoms with Crippen molar-refractivity contribution in [2.45, 2.75) is 105 Å². The summed E-state index contributed by atoms with van der Waals surface area (Å²) in [6, 6.07) is 58.0. The highest BCUT2D eigenvalue weighted by Crippen LogP contribution is 2.41. The number of hydrogen-bond acceptors (Lipinski definition) is 8. The van der Waals surface area contributed by atoms with Crippen LogP contribution < -0.4 is 30.7 Å². The molecule has 0 spiro atoms. The number of benzene rings is 6. The molecule has 7 rings (SSSR count). The molecule has 7 atom stereocenters. The van der Waals surface area contributed by atoms with Gasteiger partial charge in [-0.1, -0.05) is 200 Å². The zero-order valence-corrected chi connectivity index (χ0v) is 43.4. The first-order chi connectivity index (χ1) is 34.0. The van der Waals surface area contributed by atoms with Gasteiger partial charge in [0.1, 0.15) is 11.5 Å². The fraction of sp³-hybridized carbons (Fsp3) is 0.367. The monoisotopic (exact) mass is 980 g/mol. The molecular weight excluding hydrogens is 911 g/mol. The van der Waals surface area contributed by atoms with Crippen molar-refractivity contribution in [3.05, 3.63) is 181 Å². The Bertz CT molecular complexity index is 2410. The number of epoxide rings is 1. The maximum absolute atomic E-state index is 13.5. The lowest BCUT2D eigenvalue weighted by molar-refractivity contribution is -0.221. The van der Waals surface area contributed by atoms with E-state index in [9.17, 15) is 14.7 Å². The maximum atomic E-state index is 13.5. The molecule has 0 bridgehead atoms. The van der Waals surface area contributed by atoms with Crippen LogP contribution in [0, 0.1) is 23.7 Å². The average molecular weight is 981 g/mol. The van der Waals surface area contributed by atoms with E-state index < -0.39 is 46.3 Å². The molecule has 0 aromatic heterocycles. The molecule has 0 saturated carbocycles. The van der Waals surface area contributed by atoms with Crippen LogP contribution in [0.2, 0.25) is 0 Å². The molecule has 0 aliphatic carbocycles. The Balaban J connectivity index is 0.869. The standard InChI is InChI=1S/C60H70O8P2/c1-7-43(41-69(51-23-15-11-16-24-51)52-25-17-12-18-26-52)39-45(9-3)55(61)66-58-57(68-58)64-49-35-31-47(32-36-49)60(5,6)48-33-37-50(38-34-48)65-59(63)67-56(62)46(10-4)40-44(8-2)42-70(53-27-19-13-20-28-53)54-29-21-14-22-30-54/h11-38,43-46,57-59,63H,7-10,39-42H2,1-6H3. The molecule has 1 aliphatic heterocycles. The third-order valence-corrected chi connectivity index (χ3v) is 19.1. The van der Waals surface area contributed by atoms with E-state index in [1.54, 1.807) is 12.1 Å². The van der Waals surface area contributed by atoms with Crippen molar-refractivity contribution >= 4 is 49.0 Å². The fourth-order valence-corrected chi connectivity index (χ4v) is 14.5. The highest BCUT2D eigenvalue weighted by atomic mass is 31.1. The van der Waals surface area contributed by atoms with Crippen LogP contribution in [-0.4, -0.2) is 48.4 Å². The van der Waals surface area contributed by atoms with Crippen LogP contribution in [0.4, 0.5) is 0 Å². The summed E-state index contributed by atoms with van der Waals surface area (Å²) in [5.41, 5.74) is 1.68. The highest BCUT2D eigenvalue weighted by molar-refractivity contribution is 7.73. The van der Waals surface area contributed by atoms with Crippen LogP contribution in [0.3, 0.4) is 0 Å². The number of carbonyl (C=O) groups excluding carboxylic acids is 2. The van der Waals surface area contributed by atoms with E-state index in [1.165, 1.54) is 21.2 Å². The van der Waals surface area contributed by atoms with Crippen LogP contribution in [0.25, 0.3) is 0 Å². The zero-order chi connectivity index (χ0) is 49.5. The number of ether oxygens (including phenoxy) is 5. The molecule has 70 heavy (non-hydrogen) atoms. The van der Waals surface area contributed by atoms with Gasteiger partial charge in [-0.3, -0.25) is 14.3 Å². The zero-order valence-electron chi connectivity index (χ0n) is 41.6. The van der Waals surface area contributed by atoms with E-state index in [2.05, 4.69) is 137 Å². The van der Waals surface area contributed by atoms with Crippen LogP contribution in [0.15, 0.2) is 170 Å². The second-order valence-corrected chi connectivity index (χ2v) is 23.3. The van der Waals surface area contributed by atoms with Crippen molar-refractivity contribution in [2.24, 2.45) is 23.7 Å². The fourth-order valence-electron chi connectivity index (χ4n) is 9.07. The SMILES string of the molecule is CCC(CC(CC)C(=O)OC(O)Oc1ccc(C(C)(C)c2ccc(OC3OC3OC(=O)C(CC)CC(CC)CP(c3ccccc3)c3ccccc3)cc2)cc1)CP(c1ccccc1)c1ccccc1. The van der Waals surface area contributed by atoms with Gasteiger partial charge in [0.15, 0.2) is 0 Å². The first-order valence-corrected chi connectivity index (χ1v) is 28.1. The number of hydrogen-bond donors (Lipinski definition) is 1. The number of rotatable bonds is 26. The molecule has 8 nitrogen and oxygen atoms in total. The van der Waals surface area contributed by atoms with Gasteiger partial charge in [-0.25, -0.2) is 0 Å². The molecule has 0 amide bonds. The predicted molar refractivity (Wildman–Crippen MR) is 285 cm³/mol. The lowest BCUT2D eigenvalue weighted by Gasteiger charge is -2.27. The Morgan fingerprint density at radius 1 is 0.529 bits per heavy atom. The smallest absolute Gasteiger partial charge is 0.360 e. The summed E-state index contributed by atoms with van der Waals surface area (Å²) in [6.07, 6.45) is 5.22. The summed E-state index contributed by atoms with van der Waals surface area (Å²) in [6.45, 7) is 11.0. The van der Waals surface area contributed by atoms with Gasteiger partial charge in [0.25, 0.3) is 12.6 Å². The van der Waals surface area contributed by atoms with Crippen molar-refractivity contribution in [1.29, 1.82) is 0 Å². The van der Waals surface area contributed by atoms with E-state index >= 15 is 0 Å². The number of esters is 2. The molecule has 10 heteroatoms. The quantitative estimate of drug-likeness (QED) is 0.0248. The molecule has 1 heterocycles. The van der Waals surface area contributed by atoms with Gasteiger partial charge in [0, 0.05) is 5.41 Å². The van der Waals surface area contributed by atoms with E-state index in [0.717, 1.165) is 42.7 Å². The van der Waals surface area contributed by atoms with Crippen LogP contribution in [0.5, 0.6) is 11.5 Å². The molecule has 1 saturated heterocycles. The number of aliphatic hydroxyl groups excluding tert-OH is 1. The molecule has 1 aliphatic rings. The lowest BCUT2D eigenvalue weighted by Crippen LogP contribution is -2.30. The molecule has 368 valence electrons. The molecule has 1 fully saturated rings. The topological polar surface area (TPSA) is 104 Å². The van der Waals surface area contributed by atoms with Crippen molar-refractivity contribution in [2.75, 3.05) is 12.3 Å². The van der Waals surface area contributed by atoms with Crippen LogP contribution in [-0.2, 0) is 29.2 Å². The Morgan fingerprint density at radius 2 is 0.914 bits per heavy atom. The second-order valence-electron chi connectivity index (χ2n) is 18.8. The summed E-state index contributed by atoms with van der Waals surface area (Å²) in [7, 11) is -1.16. The Kier molecular flexibility index (Phi) is 19.2. The van der Waals surface area contributed by atoms with Crippen molar-refractivity contribution in [1.82, 2.24) is 0 Å². The Morgan fingerprint density at radius 3 is 1.30 bits per heavy atom. The maximum Gasteiger partial charge on any atom is 0.360 e. The third kappa shape index (κ3) is 14.4. The molecular formula is C60H70O8P2. The predicted octanol–water partition coefficient (Wildman–Crippen LogP) is 12.0. The highest BCUT2D eigenvalue weighted by Gasteiger charge is 2.46. The van der Waals surface area contributed by atoms with Crippen molar-refractivity contribution in [3.63, 3.8) is 0 Å². The lowest BCUT2D eigenvalue weighted by atomic mass is 9.78. The van der Waals surface area contributed by atoms with Gasteiger partial charge < -0.3 is 24.1 Å². The van der Waals surface area contributed by atoms with Gasteiger partial charge in [-0.05, 0) is 122 Å². The molecule has 0 radical (unpaired) electrons. The van der Waals surface area contributed by atoms with Gasteiger partial charge in [0.2, 0.25) is 0 Å². The van der Waals surface area contributed by atoms with E-state index in [1.807, 2.05) is 62.4 Å². The number of aliphatic hydroxyl groups is 1. The summed E-state index contributed by atoms with van der Waals surface area (Å²) in [5, 5.41) is 16.1. The van der Waals surface area contributed by atoms with E-state index in [0.29, 0.717) is 42.6 Å².